The first-order valence-electron chi connectivity index (χ1n) is 3.57. The number of nitrogens with zero attached hydrogens (tertiary/aromatic N) is 1. The molecule has 0 atom stereocenters. The third-order valence-corrected chi connectivity index (χ3v) is 1.95. The molecule has 0 aliphatic carbocycles. The molecule has 0 aromatic heterocycles. The number of hydroxylamine groups is 2. The average Bonchev–Trinajstić information content (AvgIpc) is 2.11. The van der Waals surface area contributed by atoms with Crippen LogP contribution in [0.25, 0.3) is 0 Å². The summed E-state index contributed by atoms with van der Waals surface area (Å²) >= 11 is 0. The van der Waals surface area contributed by atoms with Crippen LogP contribution in [0.4, 0.5) is 0 Å². The van der Waals surface area contributed by atoms with Crippen LogP contribution >= 0.6 is 0 Å². The molecule has 0 aromatic rings. The lowest BCUT2D eigenvalue weighted by molar-refractivity contribution is -0.151. The Morgan fingerprint density at radius 1 is 1.44 bits per heavy atom. The lowest BCUT2D eigenvalue weighted by atomic mass is 10.2. The Kier molecular flexibility index (Phi) is 1.41. The zero-order chi connectivity index (χ0) is 6.10. The molecule has 0 saturated carbocycles. The third kappa shape index (κ3) is 0.956. The van der Waals surface area contributed by atoms with E-state index in [0.717, 1.165) is 26.2 Å². The molecule has 2 heterocycles. The first-order valence-corrected chi connectivity index (χ1v) is 3.57. The fraction of sp³-hybridized carbons (Fsp3) is 1.00. The van der Waals surface area contributed by atoms with E-state index in [4.69, 9.17) is 4.84 Å². The molecule has 2 saturated heterocycles. The summed E-state index contributed by atoms with van der Waals surface area (Å²) in [4.78, 5) is 5.35. The standard InChI is InChI=1S/C6H12N2O/c1-2-8(9-3-1)6-4-7-5-6/h6-7H,1-5H2. The van der Waals surface area contributed by atoms with E-state index < -0.39 is 0 Å². The smallest absolute Gasteiger partial charge is 0.0698 e. The van der Waals surface area contributed by atoms with Gasteiger partial charge in [-0.15, -0.1) is 0 Å². The van der Waals surface area contributed by atoms with Gasteiger partial charge in [-0.1, -0.05) is 0 Å². The molecule has 0 bridgehead atoms. The summed E-state index contributed by atoms with van der Waals surface area (Å²) in [7, 11) is 0. The molecule has 2 rings (SSSR count). The molecule has 3 heteroatoms. The molecule has 0 amide bonds. The zero-order valence-electron chi connectivity index (χ0n) is 5.47. The summed E-state index contributed by atoms with van der Waals surface area (Å²) in [5.41, 5.74) is 0. The van der Waals surface area contributed by atoms with Gasteiger partial charge in [0.1, 0.15) is 0 Å². The highest BCUT2D eigenvalue weighted by atomic mass is 16.7. The second-order valence-corrected chi connectivity index (χ2v) is 2.64. The van der Waals surface area contributed by atoms with Crippen LogP contribution in [0.5, 0.6) is 0 Å². The van der Waals surface area contributed by atoms with E-state index in [2.05, 4.69) is 10.4 Å². The quantitative estimate of drug-likeness (QED) is 0.520. The summed E-state index contributed by atoms with van der Waals surface area (Å²) in [6.45, 7) is 4.28. The first kappa shape index (κ1) is 5.65. The van der Waals surface area contributed by atoms with Crippen molar-refractivity contribution in [2.45, 2.75) is 12.5 Å². The van der Waals surface area contributed by atoms with E-state index in [1.165, 1.54) is 6.42 Å². The van der Waals surface area contributed by atoms with Gasteiger partial charge in [-0.2, -0.15) is 5.06 Å². The Balaban J connectivity index is 1.82. The lowest BCUT2D eigenvalue weighted by Gasteiger charge is -2.33. The second-order valence-electron chi connectivity index (χ2n) is 2.64. The van der Waals surface area contributed by atoms with E-state index in [1.54, 1.807) is 0 Å². The molecule has 0 unspecified atom stereocenters. The molecule has 2 aliphatic heterocycles. The van der Waals surface area contributed by atoms with Crippen molar-refractivity contribution in [2.75, 3.05) is 26.2 Å². The first-order chi connectivity index (χ1) is 4.47. The Hall–Kier alpha value is -0.120. The molecule has 0 radical (unpaired) electrons. The molecule has 0 spiro atoms. The van der Waals surface area contributed by atoms with Crippen LogP contribution in [0.15, 0.2) is 0 Å². The van der Waals surface area contributed by atoms with E-state index in [0.29, 0.717) is 6.04 Å². The predicted octanol–water partition coefficient (Wildman–Crippen LogP) is -0.405. The Labute approximate surface area is 54.9 Å². The molecule has 2 aliphatic rings. The molecular formula is C6H12N2O. The van der Waals surface area contributed by atoms with Gasteiger partial charge in [0.2, 0.25) is 0 Å². The van der Waals surface area contributed by atoms with E-state index in [9.17, 15) is 0 Å². The van der Waals surface area contributed by atoms with Gasteiger partial charge >= 0.3 is 0 Å². The van der Waals surface area contributed by atoms with Crippen LogP contribution in [-0.2, 0) is 4.84 Å². The number of nitrogens with one attached hydrogen (secondary N) is 1. The van der Waals surface area contributed by atoms with Crippen LogP contribution in [0.2, 0.25) is 0 Å². The van der Waals surface area contributed by atoms with E-state index >= 15 is 0 Å². The van der Waals surface area contributed by atoms with Gasteiger partial charge in [-0.05, 0) is 6.42 Å². The monoisotopic (exact) mass is 128 g/mol. The van der Waals surface area contributed by atoms with Crippen LogP contribution in [0.1, 0.15) is 6.42 Å². The van der Waals surface area contributed by atoms with Crippen LogP contribution in [0, 0.1) is 0 Å². The van der Waals surface area contributed by atoms with E-state index in [1.807, 2.05) is 0 Å². The molecule has 9 heavy (non-hydrogen) atoms. The van der Waals surface area contributed by atoms with Crippen molar-refractivity contribution in [1.82, 2.24) is 10.4 Å². The highest BCUT2D eigenvalue weighted by Gasteiger charge is 2.27. The highest BCUT2D eigenvalue weighted by Crippen LogP contribution is 2.11. The fourth-order valence-electron chi connectivity index (χ4n) is 1.23. The maximum absolute atomic E-state index is 5.35. The van der Waals surface area contributed by atoms with Gasteiger partial charge in [0.15, 0.2) is 0 Å². The maximum atomic E-state index is 5.35. The molecule has 3 nitrogen and oxygen atoms in total. The lowest BCUT2D eigenvalue weighted by Crippen LogP contribution is -2.55. The Morgan fingerprint density at radius 2 is 2.33 bits per heavy atom. The minimum absolute atomic E-state index is 0.674. The molecule has 0 aromatic carbocycles. The van der Waals surface area contributed by atoms with Gasteiger partial charge in [0.05, 0.1) is 12.6 Å². The summed E-state index contributed by atoms with van der Waals surface area (Å²) in [5.74, 6) is 0. The zero-order valence-corrected chi connectivity index (χ0v) is 5.47. The van der Waals surface area contributed by atoms with Crippen molar-refractivity contribution in [3.8, 4) is 0 Å². The predicted molar refractivity (Wildman–Crippen MR) is 33.9 cm³/mol. The van der Waals surface area contributed by atoms with Crippen LogP contribution in [-0.4, -0.2) is 37.3 Å². The summed E-state index contributed by atoms with van der Waals surface area (Å²) in [6.07, 6.45) is 1.20. The third-order valence-electron chi connectivity index (χ3n) is 1.95. The minimum Gasteiger partial charge on any atom is -0.313 e. The van der Waals surface area contributed by atoms with Gasteiger partial charge in [0.25, 0.3) is 0 Å². The Bertz CT molecular complexity index is 97.2. The van der Waals surface area contributed by atoms with Gasteiger partial charge < -0.3 is 5.32 Å². The molecule has 52 valence electrons. The van der Waals surface area contributed by atoms with E-state index in [-0.39, 0.29) is 0 Å². The van der Waals surface area contributed by atoms with Crippen molar-refractivity contribution >= 4 is 0 Å². The maximum Gasteiger partial charge on any atom is 0.0698 e. The minimum atomic E-state index is 0.674. The van der Waals surface area contributed by atoms with Crippen molar-refractivity contribution in [1.29, 1.82) is 0 Å². The molecule has 1 N–H and O–H groups in total. The van der Waals surface area contributed by atoms with Crippen LogP contribution < -0.4 is 5.32 Å². The van der Waals surface area contributed by atoms with Crippen molar-refractivity contribution in [2.24, 2.45) is 0 Å². The van der Waals surface area contributed by atoms with Crippen molar-refractivity contribution in [3.05, 3.63) is 0 Å². The second kappa shape index (κ2) is 2.25. The SMILES string of the molecule is C1CON(C2CNC2)C1. The summed E-state index contributed by atoms with van der Waals surface area (Å²) < 4.78 is 0. The summed E-state index contributed by atoms with van der Waals surface area (Å²) in [5, 5.41) is 5.32. The van der Waals surface area contributed by atoms with Gasteiger partial charge in [-0.25, -0.2) is 0 Å². The van der Waals surface area contributed by atoms with Crippen molar-refractivity contribution < 1.29 is 4.84 Å². The van der Waals surface area contributed by atoms with Gasteiger partial charge in [0, 0.05) is 19.6 Å². The summed E-state index contributed by atoms with van der Waals surface area (Å²) in [6, 6.07) is 0.674. The highest BCUT2D eigenvalue weighted by molar-refractivity contribution is 4.81. The molecule has 2 fully saturated rings. The van der Waals surface area contributed by atoms with Gasteiger partial charge in [-0.3, -0.25) is 4.84 Å². The number of rotatable bonds is 1. The van der Waals surface area contributed by atoms with Crippen molar-refractivity contribution in [3.63, 3.8) is 0 Å². The van der Waals surface area contributed by atoms with Crippen LogP contribution in [0.3, 0.4) is 0 Å². The topological polar surface area (TPSA) is 24.5 Å². The fourth-order valence-corrected chi connectivity index (χ4v) is 1.23. The largest absolute Gasteiger partial charge is 0.313 e. The normalized spacial score (nSPS) is 30.7. The molecular weight excluding hydrogens is 116 g/mol. The average molecular weight is 128 g/mol. The number of hydrogen-bond donors (Lipinski definition) is 1. The number of hydrogen-bond acceptors (Lipinski definition) is 3. The Morgan fingerprint density at radius 3 is 2.78 bits per heavy atom.